The van der Waals surface area contributed by atoms with E-state index in [1.807, 2.05) is 30.3 Å². The second kappa shape index (κ2) is 5.71. The van der Waals surface area contributed by atoms with E-state index in [4.69, 9.17) is 0 Å². The van der Waals surface area contributed by atoms with Crippen molar-refractivity contribution in [1.82, 2.24) is 0 Å². The van der Waals surface area contributed by atoms with Crippen molar-refractivity contribution in [2.45, 2.75) is 19.8 Å². The lowest BCUT2D eigenvalue weighted by molar-refractivity contribution is -0.415. The summed E-state index contributed by atoms with van der Waals surface area (Å²) in [6, 6.07) is 9.67. The molecule has 0 aromatic heterocycles. The van der Waals surface area contributed by atoms with Gasteiger partial charge in [-0.25, -0.2) is 9.20 Å². The van der Waals surface area contributed by atoms with Crippen LogP contribution in [0.15, 0.2) is 46.6 Å². The number of nitro groups is 1. The minimum absolute atomic E-state index is 0.0192. The van der Waals surface area contributed by atoms with Gasteiger partial charge in [-0.2, -0.15) is 0 Å². The van der Waals surface area contributed by atoms with Gasteiger partial charge in [0.25, 0.3) is 5.70 Å². The molecule has 19 heavy (non-hydrogen) atoms. The molecule has 98 valence electrons. The third kappa shape index (κ3) is 2.85. The number of benzene rings is 1. The van der Waals surface area contributed by atoms with Crippen LogP contribution < -0.4 is 0 Å². The van der Waals surface area contributed by atoms with Crippen LogP contribution in [-0.4, -0.2) is 19.8 Å². The average Bonchev–Trinajstić information content (AvgIpc) is 2.73. The van der Waals surface area contributed by atoms with Gasteiger partial charge in [0, 0.05) is 0 Å². The van der Waals surface area contributed by atoms with Gasteiger partial charge in [-0.15, -0.1) is 0 Å². The third-order valence-electron chi connectivity index (χ3n) is 2.92. The first-order valence-electron chi connectivity index (χ1n) is 5.77. The highest BCUT2D eigenvalue weighted by molar-refractivity contribution is 7.67. The van der Waals surface area contributed by atoms with Crippen molar-refractivity contribution in [3.8, 4) is 0 Å². The van der Waals surface area contributed by atoms with E-state index in [9.17, 15) is 14.3 Å². The molecule has 0 bridgehead atoms. The monoisotopic (exact) mass is 276 g/mol. The van der Waals surface area contributed by atoms with E-state index in [0.29, 0.717) is 24.1 Å². The van der Waals surface area contributed by atoms with Gasteiger partial charge in [0.2, 0.25) is 0 Å². The molecule has 0 amide bonds. The molecule has 0 fully saturated rings. The fraction of sp³-hybridized carbons (Fsp3) is 0.231. The van der Waals surface area contributed by atoms with Crippen molar-refractivity contribution in [1.29, 1.82) is 0 Å². The van der Waals surface area contributed by atoms with Crippen LogP contribution in [0.1, 0.15) is 18.9 Å². The standard InChI is InChI=1S/C13H12N2O3S/c1-9-12(15(16)17)11(13(14-9)19-18)8-7-10-5-3-2-4-6-10/h2-6H,7-8H2,1H3. The Labute approximate surface area is 113 Å². The summed E-state index contributed by atoms with van der Waals surface area (Å²) in [4.78, 5) is 14.8. The van der Waals surface area contributed by atoms with E-state index < -0.39 is 4.92 Å². The first kappa shape index (κ1) is 13.4. The van der Waals surface area contributed by atoms with E-state index in [1.54, 1.807) is 6.92 Å². The van der Waals surface area contributed by atoms with Crippen molar-refractivity contribution in [2.24, 2.45) is 4.99 Å². The molecule has 5 nitrogen and oxygen atoms in total. The maximum Gasteiger partial charge on any atom is 0.296 e. The van der Waals surface area contributed by atoms with Crippen LogP contribution >= 0.6 is 0 Å². The van der Waals surface area contributed by atoms with Crippen LogP contribution in [0.3, 0.4) is 0 Å². The highest BCUT2D eigenvalue weighted by Crippen LogP contribution is 2.22. The maximum atomic E-state index is 11.0. The summed E-state index contributed by atoms with van der Waals surface area (Å²) in [5, 5.41) is 11.0. The predicted octanol–water partition coefficient (Wildman–Crippen LogP) is 1.97. The Morgan fingerprint density at radius 1 is 1.26 bits per heavy atom. The number of aliphatic imine (C=N–C) groups is 1. The van der Waals surface area contributed by atoms with E-state index in [1.165, 1.54) is 0 Å². The Hall–Kier alpha value is -2.08. The van der Waals surface area contributed by atoms with Gasteiger partial charge in [0.05, 0.1) is 10.5 Å². The maximum absolute atomic E-state index is 11.0. The lowest BCUT2D eigenvalue weighted by Gasteiger charge is -2.02. The number of hydrogen-bond donors (Lipinski definition) is 0. The fourth-order valence-electron chi connectivity index (χ4n) is 2.04. The zero-order valence-corrected chi connectivity index (χ0v) is 11.1. The molecule has 6 heteroatoms. The van der Waals surface area contributed by atoms with Crippen molar-refractivity contribution >= 4 is 22.0 Å². The molecule has 1 aromatic rings. The number of aryl methyl sites for hydroxylation is 1. The van der Waals surface area contributed by atoms with Crippen LogP contribution in [0.4, 0.5) is 0 Å². The molecule has 0 unspecified atom stereocenters. The van der Waals surface area contributed by atoms with Crippen molar-refractivity contribution < 1.29 is 9.13 Å². The third-order valence-corrected chi connectivity index (χ3v) is 3.42. The molecule has 0 aliphatic carbocycles. The number of hydrogen-bond acceptors (Lipinski definition) is 3. The smallest absolute Gasteiger partial charge is 0.258 e. The van der Waals surface area contributed by atoms with E-state index in [-0.39, 0.29) is 21.9 Å². The van der Waals surface area contributed by atoms with E-state index in [0.717, 1.165) is 5.56 Å². The van der Waals surface area contributed by atoms with Crippen LogP contribution in [0.2, 0.25) is 0 Å². The molecule has 0 radical (unpaired) electrons. The Morgan fingerprint density at radius 2 is 1.95 bits per heavy atom. The van der Waals surface area contributed by atoms with Gasteiger partial charge < -0.3 is 0 Å². The summed E-state index contributed by atoms with van der Waals surface area (Å²) in [6.07, 6.45) is 1.10. The zero-order valence-electron chi connectivity index (χ0n) is 10.3. The van der Waals surface area contributed by atoms with E-state index >= 15 is 0 Å². The first-order chi connectivity index (χ1) is 9.13. The summed E-state index contributed by atoms with van der Waals surface area (Å²) in [5.41, 5.74) is 1.82. The molecule has 1 aliphatic rings. The molecule has 2 rings (SSSR count). The van der Waals surface area contributed by atoms with Gasteiger partial charge in [0.1, 0.15) is 17.0 Å². The van der Waals surface area contributed by atoms with Crippen LogP contribution in [0, 0.1) is 10.1 Å². The largest absolute Gasteiger partial charge is 0.296 e. The Morgan fingerprint density at radius 3 is 2.53 bits per heavy atom. The van der Waals surface area contributed by atoms with Crippen molar-refractivity contribution in [2.75, 3.05) is 0 Å². The molecule has 0 atom stereocenters. The highest BCUT2D eigenvalue weighted by Gasteiger charge is 2.31. The van der Waals surface area contributed by atoms with Gasteiger partial charge in [-0.3, -0.25) is 10.1 Å². The normalized spacial score (nSPS) is 14.6. The summed E-state index contributed by atoms with van der Waals surface area (Å²) in [5.74, 6) is 0. The molecule has 1 heterocycles. The zero-order chi connectivity index (χ0) is 13.8. The molecular weight excluding hydrogens is 264 g/mol. The van der Waals surface area contributed by atoms with Crippen LogP contribution in [0.5, 0.6) is 0 Å². The van der Waals surface area contributed by atoms with Gasteiger partial charge >= 0.3 is 0 Å². The van der Waals surface area contributed by atoms with Crippen molar-refractivity contribution in [3.05, 3.63) is 57.3 Å². The molecule has 1 aromatic carbocycles. The Kier molecular flexibility index (Phi) is 4.01. The lowest BCUT2D eigenvalue weighted by atomic mass is 10.0. The first-order valence-corrected chi connectivity index (χ1v) is 6.52. The predicted molar refractivity (Wildman–Crippen MR) is 75.0 cm³/mol. The average molecular weight is 276 g/mol. The van der Waals surface area contributed by atoms with Gasteiger partial charge in [-0.05, 0) is 25.3 Å². The minimum Gasteiger partial charge on any atom is -0.258 e. The summed E-state index contributed by atoms with van der Waals surface area (Å²) in [6.45, 7) is 1.56. The number of allylic oxidation sites excluding steroid dienone is 1. The van der Waals surface area contributed by atoms with Crippen molar-refractivity contribution in [3.63, 3.8) is 0 Å². The SMILES string of the molecule is CC1=NC(=S=O)C(CCc2ccccc2)=C1[N+](=O)[O-]. The van der Waals surface area contributed by atoms with Crippen LogP contribution in [0.25, 0.3) is 0 Å². The van der Waals surface area contributed by atoms with Gasteiger partial charge in [0.15, 0.2) is 4.99 Å². The Balaban J connectivity index is 2.26. The topological polar surface area (TPSA) is 72.6 Å². The lowest BCUT2D eigenvalue weighted by Crippen LogP contribution is -2.09. The number of rotatable bonds is 4. The molecule has 0 spiro atoms. The molecule has 0 saturated carbocycles. The fourth-order valence-corrected chi connectivity index (χ4v) is 2.52. The second-order valence-corrected chi connectivity index (χ2v) is 4.71. The van der Waals surface area contributed by atoms with Crippen LogP contribution in [-0.2, 0) is 17.7 Å². The molecule has 0 N–H and O–H groups in total. The molecular formula is C13H12N2O3S. The minimum atomic E-state index is -0.456. The molecule has 1 aliphatic heterocycles. The summed E-state index contributed by atoms with van der Waals surface area (Å²) < 4.78 is 11.0. The van der Waals surface area contributed by atoms with Gasteiger partial charge in [-0.1, -0.05) is 30.3 Å². The molecule has 0 saturated heterocycles. The summed E-state index contributed by atoms with van der Waals surface area (Å²) >= 11 is 0.217. The summed E-state index contributed by atoms with van der Waals surface area (Å²) in [7, 11) is 0. The quantitative estimate of drug-likeness (QED) is 0.479. The highest BCUT2D eigenvalue weighted by atomic mass is 32.1. The second-order valence-electron chi connectivity index (χ2n) is 4.16. The Bertz CT molecular complexity index is 629. The number of nitrogens with zero attached hydrogens (tertiary/aromatic N) is 2. The van der Waals surface area contributed by atoms with E-state index in [2.05, 4.69) is 4.99 Å².